The monoisotopic (exact) mass is 412 g/mol. The van der Waals surface area contributed by atoms with Crippen LogP contribution in [0.4, 0.5) is 15.8 Å². The highest BCUT2D eigenvalue weighted by Crippen LogP contribution is 2.30. The highest BCUT2D eigenvalue weighted by molar-refractivity contribution is 5.97. The van der Waals surface area contributed by atoms with E-state index in [0.29, 0.717) is 16.9 Å². The number of furan rings is 1. The lowest BCUT2D eigenvalue weighted by molar-refractivity contribution is -0.384. The van der Waals surface area contributed by atoms with Gasteiger partial charge < -0.3 is 14.5 Å². The molecule has 0 radical (unpaired) electrons. The van der Waals surface area contributed by atoms with Gasteiger partial charge in [0.2, 0.25) is 5.76 Å². The maximum Gasteiger partial charge on any atom is 0.374 e. The normalized spacial score (nSPS) is 10.5. The number of nitrogens with one attached hydrogen (secondary N) is 1. The zero-order valence-corrected chi connectivity index (χ0v) is 16.1. The van der Waals surface area contributed by atoms with Crippen LogP contribution in [0.5, 0.6) is 0 Å². The van der Waals surface area contributed by atoms with Crippen LogP contribution < -0.4 is 5.32 Å². The minimum atomic E-state index is -0.881. The molecule has 0 aliphatic heterocycles. The topological polar surface area (TPSA) is 112 Å². The predicted molar refractivity (Wildman–Crippen MR) is 106 cm³/mol. The van der Waals surface area contributed by atoms with E-state index in [1.807, 2.05) is 0 Å². The number of esters is 1. The zero-order valence-electron chi connectivity index (χ0n) is 16.1. The number of ether oxygens (including phenoxy) is 1. The smallest absolute Gasteiger partial charge is 0.374 e. The Labute approximate surface area is 170 Å². The van der Waals surface area contributed by atoms with Gasteiger partial charge in [-0.15, -0.1) is 0 Å². The van der Waals surface area contributed by atoms with Crippen molar-refractivity contribution in [3.8, 4) is 11.3 Å². The van der Waals surface area contributed by atoms with Crippen molar-refractivity contribution in [2.45, 2.75) is 13.8 Å². The molecule has 8 nitrogen and oxygen atoms in total. The SMILES string of the molecule is Cc1ccc([N+](=O)[O-])c(NC(=O)COC(=O)c2ccc(-c3ccc(F)cc3)o2)c1C. The fourth-order valence-corrected chi connectivity index (χ4v) is 2.71. The van der Waals surface area contributed by atoms with E-state index in [2.05, 4.69) is 5.32 Å². The summed E-state index contributed by atoms with van der Waals surface area (Å²) in [4.78, 5) is 34.9. The van der Waals surface area contributed by atoms with Crippen molar-refractivity contribution in [2.75, 3.05) is 11.9 Å². The van der Waals surface area contributed by atoms with E-state index in [1.165, 1.54) is 42.5 Å². The third-order valence-corrected chi connectivity index (χ3v) is 4.45. The average molecular weight is 412 g/mol. The molecular weight excluding hydrogens is 395 g/mol. The highest BCUT2D eigenvalue weighted by atomic mass is 19.1. The van der Waals surface area contributed by atoms with Crippen LogP contribution in [0.1, 0.15) is 21.7 Å². The Morgan fingerprint density at radius 2 is 1.80 bits per heavy atom. The molecule has 3 rings (SSSR count). The summed E-state index contributed by atoms with van der Waals surface area (Å²) in [5, 5.41) is 13.6. The van der Waals surface area contributed by atoms with E-state index in [4.69, 9.17) is 9.15 Å². The minimum Gasteiger partial charge on any atom is -0.450 e. The minimum absolute atomic E-state index is 0.0534. The van der Waals surface area contributed by atoms with E-state index in [-0.39, 0.29) is 17.1 Å². The first-order valence-corrected chi connectivity index (χ1v) is 8.83. The van der Waals surface area contributed by atoms with Gasteiger partial charge in [-0.2, -0.15) is 0 Å². The van der Waals surface area contributed by atoms with Crippen molar-refractivity contribution >= 4 is 23.3 Å². The standard InChI is InChI=1S/C21H17FN2O6/c1-12-3-8-16(24(27)28)20(13(12)2)23-19(25)11-29-21(26)18-10-9-17(30-18)14-4-6-15(22)7-5-14/h3-10H,11H2,1-2H3,(H,23,25). The molecule has 1 heterocycles. The number of nitro benzene ring substituents is 1. The summed E-state index contributed by atoms with van der Waals surface area (Å²) >= 11 is 0. The zero-order chi connectivity index (χ0) is 21.8. The molecule has 1 N–H and O–H groups in total. The molecule has 0 saturated carbocycles. The van der Waals surface area contributed by atoms with Gasteiger partial charge in [-0.25, -0.2) is 9.18 Å². The second-order valence-electron chi connectivity index (χ2n) is 6.45. The van der Waals surface area contributed by atoms with Gasteiger partial charge in [0, 0.05) is 11.6 Å². The first-order chi connectivity index (χ1) is 14.3. The van der Waals surface area contributed by atoms with Gasteiger partial charge in [-0.1, -0.05) is 6.07 Å². The summed E-state index contributed by atoms with van der Waals surface area (Å²) in [6, 6.07) is 11.3. The molecule has 1 amide bonds. The van der Waals surface area contributed by atoms with E-state index in [0.717, 1.165) is 5.56 Å². The van der Waals surface area contributed by atoms with E-state index >= 15 is 0 Å². The molecule has 3 aromatic rings. The van der Waals surface area contributed by atoms with Crippen molar-refractivity contribution in [2.24, 2.45) is 0 Å². The molecule has 30 heavy (non-hydrogen) atoms. The second kappa shape index (κ2) is 8.56. The molecule has 2 aromatic carbocycles. The molecule has 0 spiro atoms. The van der Waals surface area contributed by atoms with Crippen molar-refractivity contribution in [3.05, 3.63) is 81.3 Å². The number of halogens is 1. The van der Waals surface area contributed by atoms with E-state index in [1.54, 1.807) is 19.9 Å². The molecule has 0 fully saturated rings. The van der Waals surface area contributed by atoms with Crippen LogP contribution in [0, 0.1) is 29.8 Å². The number of nitrogens with zero attached hydrogens (tertiary/aromatic N) is 1. The summed E-state index contributed by atoms with van der Waals surface area (Å²) in [5.74, 6) is -1.82. The Hall–Kier alpha value is -4.01. The third kappa shape index (κ3) is 4.52. The molecule has 0 saturated heterocycles. The lowest BCUT2D eigenvalue weighted by Gasteiger charge is -2.11. The van der Waals surface area contributed by atoms with Gasteiger partial charge in [-0.05, 0) is 61.4 Å². The van der Waals surface area contributed by atoms with Gasteiger partial charge in [0.05, 0.1) is 4.92 Å². The van der Waals surface area contributed by atoms with Crippen LogP contribution >= 0.6 is 0 Å². The summed E-state index contributed by atoms with van der Waals surface area (Å²) in [6.07, 6.45) is 0. The number of anilines is 1. The van der Waals surface area contributed by atoms with Crippen LogP contribution in [-0.2, 0) is 9.53 Å². The van der Waals surface area contributed by atoms with Gasteiger partial charge >= 0.3 is 5.97 Å². The Kier molecular flexibility index (Phi) is 5.91. The summed E-state index contributed by atoms with van der Waals surface area (Å²) in [6.45, 7) is 2.74. The Morgan fingerprint density at radius 1 is 1.10 bits per heavy atom. The van der Waals surface area contributed by atoms with Crippen molar-refractivity contribution in [1.29, 1.82) is 0 Å². The first-order valence-electron chi connectivity index (χ1n) is 8.83. The first kappa shape index (κ1) is 20.7. The Morgan fingerprint density at radius 3 is 2.47 bits per heavy atom. The number of benzene rings is 2. The number of aryl methyl sites for hydroxylation is 1. The van der Waals surface area contributed by atoms with Gasteiger partial charge in [0.15, 0.2) is 6.61 Å². The fraction of sp³-hybridized carbons (Fsp3) is 0.143. The summed E-state index contributed by atoms with van der Waals surface area (Å²) in [7, 11) is 0. The van der Waals surface area contributed by atoms with Crippen molar-refractivity contribution in [1.82, 2.24) is 0 Å². The van der Waals surface area contributed by atoms with E-state index in [9.17, 15) is 24.1 Å². The maximum absolute atomic E-state index is 13.0. The van der Waals surface area contributed by atoms with Gasteiger partial charge in [0.1, 0.15) is 17.3 Å². The quantitative estimate of drug-likeness (QED) is 0.365. The number of amides is 1. The molecular formula is C21H17FN2O6. The maximum atomic E-state index is 13.0. The number of carbonyl (C=O) groups is 2. The van der Waals surface area contributed by atoms with Crippen LogP contribution in [-0.4, -0.2) is 23.4 Å². The molecule has 0 aliphatic rings. The molecule has 1 aromatic heterocycles. The fourth-order valence-electron chi connectivity index (χ4n) is 2.71. The van der Waals surface area contributed by atoms with Gasteiger partial charge in [0.25, 0.3) is 11.6 Å². The largest absolute Gasteiger partial charge is 0.450 e. The highest BCUT2D eigenvalue weighted by Gasteiger charge is 2.21. The molecule has 0 atom stereocenters. The van der Waals surface area contributed by atoms with Crippen molar-refractivity contribution < 1.29 is 28.1 Å². The number of hydrogen-bond acceptors (Lipinski definition) is 6. The van der Waals surface area contributed by atoms with Crippen LogP contribution in [0.3, 0.4) is 0 Å². The van der Waals surface area contributed by atoms with Crippen LogP contribution in [0.25, 0.3) is 11.3 Å². The number of nitro groups is 1. The number of rotatable bonds is 6. The predicted octanol–water partition coefficient (Wildman–Crippen LogP) is 4.41. The average Bonchev–Trinajstić information content (AvgIpc) is 3.20. The molecule has 0 bridgehead atoms. The number of carbonyl (C=O) groups excluding carboxylic acids is 2. The molecule has 0 unspecified atom stereocenters. The molecule has 154 valence electrons. The van der Waals surface area contributed by atoms with Crippen molar-refractivity contribution in [3.63, 3.8) is 0 Å². The van der Waals surface area contributed by atoms with E-state index < -0.39 is 29.2 Å². The lowest BCUT2D eigenvalue weighted by atomic mass is 10.1. The molecule has 9 heteroatoms. The van der Waals surface area contributed by atoms with Gasteiger partial charge in [-0.3, -0.25) is 14.9 Å². The lowest BCUT2D eigenvalue weighted by Crippen LogP contribution is -2.22. The Balaban J connectivity index is 1.65. The van der Waals surface area contributed by atoms with Crippen LogP contribution in [0.15, 0.2) is 52.9 Å². The molecule has 0 aliphatic carbocycles. The summed E-state index contributed by atoms with van der Waals surface area (Å²) in [5.41, 5.74) is 1.66. The summed E-state index contributed by atoms with van der Waals surface area (Å²) < 4.78 is 23.3. The third-order valence-electron chi connectivity index (χ3n) is 4.45. The van der Waals surface area contributed by atoms with Crippen LogP contribution in [0.2, 0.25) is 0 Å². The number of hydrogen-bond donors (Lipinski definition) is 1. The second-order valence-corrected chi connectivity index (χ2v) is 6.45. The Bertz CT molecular complexity index is 1120.